The molecule has 2 saturated carbocycles. The normalized spacial score (nSPS) is 29.8. The molecule has 2 fully saturated rings. The quantitative estimate of drug-likeness (QED) is 0.473. The summed E-state index contributed by atoms with van der Waals surface area (Å²) in [6, 6.07) is 6.84. The lowest BCUT2D eigenvalue weighted by atomic mass is 9.53. The van der Waals surface area contributed by atoms with Gasteiger partial charge in [0, 0.05) is 46.7 Å². The SMILES string of the molecule is CS(=O)Cc1cc(-c2ccccn2)c2c(c1O)C(=O)C1C(=O)[C@]3(O)C(=O)C(C(N)=O)C(=O)C[C@@H]3C[C@@H]1C2. The van der Waals surface area contributed by atoms with Crippen molar-refractivity contribution in [2.24, 2.45) is 29.4 Å². The number of phenols is 1. The van der Waals surface area contributed by atoms with Gasteiger partial charge in [-0.05, 0) is 42.5 Å². The van der Waals surface area contributed by atoms with Crippen LogP contribution < -0.4 is 5.73 Å². The van der Waals surface area contributed by atoms with Crippen LogP contribution in [0.1, 0.15) is 34.3 Å². The topological polar surface area (TPSA) is 182 Å². The van der Waals surface area contributed by atoms with Gasteiger partial charge in [0.25, 0.3) is 0 Å². The molecule has 0 bridgehead atoms. The highest BCUT2D eigenvalue weighted by molar-refractivity contribution is 7.83. The van der Waals surface area contributed by atoms with Gasteiger partial charge < -0.3 is 15.9 Å². The van der Waals surface area contributed by atoms with Gasteiger partial charge in [0.2, 0.25) is 5.91 Å². The van der Waals surface area contributed by atoms with Crippen LogP contribution in [0.4, 0.5) is 0 Å². The predicted octanol–water partition coefficient (Wildman–Crippen LogP) is 0.267. The van der Waals surface area contributed by atoms with E-state index in [-0.39, 0.29) is 29.7 Å². The standard InChI is InChI=1S/C26H24N2O8S/c1-37(36)10-12-8-14(16-4-2-3-5-28-16)15-7-11-6-13-9-17(29)20(25(27)34)24(33)26(13,35)23(32)18(11)22(31)19(15)21(12)30/h2-5,8,11,13,18,20,30,35H,6-7,9-10H2,1H3,(H2,27,34)/t11-,13+,18?,20?,26+,37?/m1/s1. The molecule has 1 aromatic heterocycles. The summed E-state index contributed by atoms with van der Waals surface area (Å²) < 4.78 is 12.0. The smallest absolute Gasteiger partial charge is 0.235 e. The summed E-state index contributed by atoms with van der Waals surface area (Å²) in [5, 5.41) is 22.4. The molecular formula is C26H24N2O8S. The Morgan fingerprint density at radius 1 is 1.19 bits per heavy atom. The van der Waals surface area contributed by atoms with Gasteiger partial charge >= 0.3 is 0 Å². The number of amides is 1. The van der Waals surface area contributed by atoms with Crippen molar-refractivity contribution in [3.05, 3.63) is 47.2 Å². The summed E-state index contributed by atoms with van der Waals surface area (Å²) in [7, 11) is -1.37. The van der Waals surface area contributed by atoms with E-state index in [1.54, 1.807) is 30.5 Å². The minimum Gasteiger partial charge on any atom is -0.507 e. The lowest BCUT2D eigenvalue weighted by Gasteiger charge is -2.48. The lowest BCUT2D eigenvalue weighted by Crippen LogP contribution is -2.68. The zero-order chi connectivity index (χ0) is 26.8. The first kappa shape index (κ1) is 25.1. The fraction of sp³-hybridized carbons (Fsp3) is 0.385. The number of carbonyl (C=O) groups excluding carboxylic acids is 5. The van der Waals surface area contributed by atoms with Crippen LogP contribution in [0.15, 0.2) is 30.5 Å². The van der Waals surface area contributed by atoms with Crippen LogP contribution in [0.25, 0.3) is 11.3 Å². The number of pyridine rings is 1. The van der Waals surface area contributed by atoms with Crippen molar-refractivity contribution in [1.29, 1.82) is 0 Å². The number of nitrogens with two attached hydrogens (primary N) is 1. The van der Waals surface area contributed by atoms with Crippen LogP contribution in [0.5, 0.6) is 5.75 Å². The molecule has 192 valence electrons. The molecule has 3 aliphatic carbocycles. The molecule has 3 unspecified atom stereocenters. The number of nitrogens with zero attached hydrogens (tertiary/aromatic N) is 1. The van der Waals surface area contributed by atoms with Crippen molar-refractivity contribution < 1.29 is 38.4 Å². The Morgan fingerprint density at radius 3 is 2.54 bits per heavy atom. The highest BCUT2D eigenvalue weighted by Crippen LogP contribution is 2.51. The van der Waals surface area contributed by atoms with E-state index in [1.807, 2.05) is 0 Å². The third-order valence-corrected chi connectivity index (χ3v) is 8.50. The molecule has 1 heterocycles. The number of aliphatic hydroxyl groups is 1. The number of aromatic nitrogens is 1. The van der Waals surface area contributed by atoms with E-state index < -0.39 is 81.3 Å². The highest BCUT2D eigenvalue weighted by Gasteiger charge is 2.66. The van der Waals surface area contributed by atoms with Crippen LogP contribution in [0.2, 0.25) is 0 Å². The zero-order valence-corrected chi connectivity index (χ0v) is 20.6. The predicted molar refractivity (Wildman–Crippen MR) is 130 cm³/mol. The Kier molecular flexibility index (Phi) is 5.95. The summed E-state index contributed by atoms with van der Waals surface area (Å²) in [4.78, 5) is 69.2. The molecule has 4 N–H and O–H groups in total. The number of rotatable bonds is 4. The van der Waals surface area contributed by atoms with Crippen molar-refractivity contribution in [2.45, 2.75) is 30.6 Å². The molecule has 11 heteroatoms. The third kappa shape index (κ3) is 3.67. The average Bonchev–Trinajstić information content (AvgIpc) is 2.83. The number of primary amides is 1. The number of benzene rings is 1. The van der Waals surface area contributed by atoms with Crippen molar-refractivity contribution in [1.82, 2.24) is 4.98 Å². The zero-order valence-electron chi connectivity index (χ0n) is 19.8. The second-order valence-electron chi connectivity index (χ2n) is 9.96. The van der Waals surface area contributed by atoms with Crippen LogP contribution >= 0.6 is 0 Å². The highest BCUT2D eigenvalue weighted by atomic mass is 32.2. The van der Waals surface area contributed by atoms with Gasteiger partial charge in [-0.1, -0.05) is 6.07 Å². The molecule has 10 nitrogen and oxygen atoms in total. The molecule has 0 aliphatic heterocycles. The van der Waals surface area contributed by atoms with E-state index in [9.17, 15) is 38.4 Å². The molecule has 1 amide bonds. The van der Waals surface area contributed by atoms with Crippen molar-refractivity contribution in [3.63, 3.8) is 0 Å². The number of ketones is 4. The summed E-state index contributed by atoms with van der Waals surface area (Å²) in [6.07, 6.45) is 2.76. The van der Waals surface area contributed by atoms with Gasteiger partial charge in [-0.25, -0.2) is 0 Å². The maximum atomic E-state index is 13.8. The number of hydrogen-bond donors (Lipinski definition) is 3. The van der Waals surface area contributed by atoms with E-state index in [0.29, 0.717) is 16.8 Å². The number of Topliss-reactive ketones (excluding diaryl/α,β-unsaturated/α-hetero) is 4. The first-order valence-electron chi connectivity index (χ1n) is 11.7. The molecule has 0 spiro atoms. The molecule has 1 aromatic carbocycles. The van der Waals surface area contributed by atoms with Crippen LogP contribution in [-0.4, -0.2) is 60.3 Å². The number of carbonyl (C=O) groups is 5. The largest absolute Gasteiger partial charge is 0.507 e. The minimum atomic E-state index is -2.70. The van der Waals surface area contributed by atoms with Gasteiger partial charge in [0.1, 0.15) is 5.75 Å². The van der Waals surface area contributed by atoms with Crippen LogP contribution in [0, 0.1) is 23.7 Å². The molecular weight excluding hydrogens is 500 g/mol. The van der Waals surface area contributed by atoms with E-state index in [2.05, 4.69) is 4.98 Å². The summed E-state index contributed by atoms with van der Waals surface area (Å²) >= 11 is 0. The van der Waals surface area contributed by atoms with Crippen LogP contribution in [-0.2, 0) is 42.2 Å². The Balaban J connectivity index is 1.67. The monoisotopic (exact) mass is 524 g/mol. The van der Waals surface area contributed by atoms with Crippen molar-refractivity contribution >= 4 is 39.8 Å². The molecule has 0 saturated heterocycles. The number of phenolic OH excluding ortho intramolecular Hbond substituents is 1. The molecule has 6 atom stereocenters. The van der Waals surface area contributed by atoms with E-state index in [4.69, 9.17) is 5.73 Å². The Labute approximate surface area is 213 Å². The fourth-order valence-electron chi connectivity index (χ4n) is 6.17. The summed E-state index contributed by atoms with van der Waals surface area (Å²) in [6.45, 7) is 0. The number of aromatic hydroxyl groups is 1. The maximum absolute atomic E-state index is 13.8. The molecule has 3 aliphatic rings. The van der Waals surface area contributed by atoms with Crippen LogP contribution in [0.3, 0.4) is 0 Å². The summed E-state index contributed by atoms with van der Waals surface area (Å²) in [5.74, 6) is -10.8. The first-order chi connectivity index (χ1) is 17.5. The van der Waals surface area contributed by atoms with E-state index in [1.165, 1.54) is 6.26 Å². The molecule has 5 rings (SSSR count). The Morgan fingerprint density at radius 2 is 1.92 bits per heavy atom. The molecule has 37 heavy (non-hydrogen) atoms. The Hall–Kier alpha value is -3.57. The van der Waals surface area contributed by atoms with Gasteiger partial charge in [-0.15, -0.1) is 0 Å². The molecule has 0 radical (unpaired) electrons. The second kappa shape index (κ2) is 8.77. The fourth-order valence-corrected chi connectivity index (χ4v) is 6.83. The van der Waals surface area contributed by atoms with Gasteiger partial charge in [-0.2, -0.15) is 0 Å². The average molecular weight is 525 g/mol. The maximum Gasteiger partial charge on any atom is 0.235 e. The lowest BCUT2D eigenvalue weighted by molar-refractivity contribution is -0.175. The second-order valence-corrected chi connectivity index (χ2v) is 11.4. The Bertz CT molecular complexity index is 1420. The number of fused-ring (bicyclic) bond motifs is 3. The van der Waals surface area contributed by atoms with Gasteiger partial charge in [0.05, 0.1) is 22.9 Å². The van der Waals surface area contributed by atoms with E-state index >= 15 is 0 Å². The minimum absolute atomic E-state index is 0.00416. The van der Waals surface area contributed by atoms with Gasteiger partial charge in [-0.3, -0.25) is 33.2 Å². The van der Waals surface area contributed by atoms with E-state index in [0.717, 1.165) is 0 Å². The summed E-state index contributed by atoms with van der Waals surface area (Å²) in [5.41, 5.74) is 4.12. The molecule has 2 aromatic rings. The third-order valence-electron chi connectivity index (χ3n) is 7.78. The first-order valence-corrected chi connectivity index (χ1v) is 13.5. The van der Waals surface area contributed by atoms with Gasteiger partial charge in [0.15, 0.2) is 34.7 Å². The van der Waals surface area contributed by atoms with Crippen molar-refractivity contribution in [2.75, 3.05) is 6.26 Å². The van der Waals surface area contributed by atoms with Crippen molar-refractivity contribution in [3.8, 4) is 17.0 Å². The number of hydrogen-bond acceptors (Lipinski definition) is 9.